The summed E-state index contributed by atoms with van der Waals surface area (Å²) in [4.78, 5) is -0.402. The SMILES string of the molecule is CC(C)(O)c1nnc(C[C@@H]2CCc3cc(C(O)(C(F)(F)F)C(F)(F)F)ccc3N2S(=O)(=O)c2ccc(F)cc2)o1. The minimum atomic E-state index is -6.13. The highest BCUT2D eigenvalue weighted by molar-refractivity contribution is 7.92. The Kier molecular flexibility index (Phi) is 7.21. The number of sulfonamides is 1. The topological polar surface area (TPSA) is 117 Å². The maximum Gasteiger partial charge on any atom is 0.430 e. The third-order valence-corrected chi connectivity index (χ3v) is 8.29. The van der Waals surface area contributed by atoms with Gasteiger partial charge in [0.1, 0.15) is 11.4 Å². The van der Waals surface area contributed by atoms with Crippen LogP contribution in [0, 0.1) is 5.82 Å². The van der Waals surface area contributed by atoms with E-state index in [-0.39, 0.29) is 42.3 Å². The second kappa shape index (κ2) is 9.69. The van der Waals surface area contributed by atoms with E-state index in [2.05, 4.69) is 10.2 Å². The molecule has 0 saturated carbocycles. The normalized spacial score (nSPS) is 17.2. The van der Waals surface area contributed by atoms with Crippen molar-refractivity contribution in [1.82, 2.24) is 10.2 Å². The molecule has 0 spiro atoms. The van der Waals surface area contributed by atoms with Gasteiger partial charge in [-0.1, -0.05) is 12.1 Å². The number of rotatable bonds is 6. The summed E-state index contributed by atoms with van der Waals surface area (Å²) in [5.74, 6) is -1.01. The van der Waals surface area contributed by atoms with Crippen LogP contribution in [0.15, 0.2) is 51.8 Å². The fraction of sp³-hybridized carbons (Fsp3) is 0.417. The average Bonchev–Trinajstić information content (AvgIpc) is 3.31. The Balaban J connectivity index is 1.84. The molecule has 218 valence electrons. The Morgan fingerprint density at radius 3 is 2.10 bits per heavy atom. The summed E-state index contributed by atoms with van der Waals surface area (Å²) in [6.45, 7) is 2.74. The molecule has 1 aliphatic heterocycles. The zero-order valence-electron chi connectivity index (χ0n) is 20.8. The van der Waals surface area contributed by atoms with Crippen LogP contribution in [0.25, 0.3) is 0 Å². The number of anilines is 1. The zero-order valence-corrected chi connectivity index (χ0v) is 21.6. The average molecular weight is 598 g/mol. The molecule has 40 heavy (non-hydrogen) atoms. The van der Waals surface area contributed by atoms with Crippen molar-refractivity contribution in [3.63, 3.8) is 0 Å². The van der Waals surface area contributed by atoms with Crippen LogP contribution < -0.4 is 4.31 Å². The molecule has 2 N–H and O–H groups in total. The highest BCUT2D eigenvalue weighted by Gasteiger charge is 2.71. The smallest absolute Gasteiger partial charge is 0.422 e. The maximum absolute atomic E-state index is 13.7. The first-order valence-electron chi connectivity index (χ1n) is 11.6. The van der Waals surface area contributed by atoms with Crippen LogP contribution in [0.5, 0.6) is 0 Å². The molecule has 0 radical (unpaired) electrons. The molecular formula is C24H22F7N3O5S. The fourth-order valence-corrected chi connectivity index (χ4v) is 6.08. The Morgan fingerprint density at radius 1 is 0.975 bits per heavy atom. The summed E-state index contributed by atoms with van der Waals surface area (Å²) in [7, 11) is -4.57. The lowest BCUT2D eigenvalue weighted by atomic mass is 9.87. The van der Waals surface area contributed by atoms with Gasteiger partial charge < -0.3 is 14.6 Å². The molecule has 0 fully saturated rings. The number of benzene rings is 2. The quantitative estimate of drug-likeness (QED) is 0.402. The lowest BCUT2D eigenvalue weighted by molar-refractivity contribution is -0.376. The van der Waals surface area contributed by atoms with Gasteiger partial charge in [0, 0.05) is 12.0 Å². The molecule has 0 amide bonds. The predicted octanol–water partition coefficient (Wildman–Crippen LogP) is 4.50. The van der Waals surface area contributed by atoms with E-state index in [1.165, 1.54) is 13.8 Å². The number of aliphatic hydroxyl groups is 2. The van der Waals surface area contributed by atoms with Gasteiger partial charge in [-0.05, 0) is 62.6 Å². The Bertz CT molecular complexity index is 1480. The fourth-order valence-electron chi connectivity index (χ4n) is 4.37. The minimum Gasteiger partial charge on any atom is -0.422 e. The van der Waals surface area contributed by atoms with Crippen molar-refractivity contribution in [3.8, 4) is 0 Å². The first-order chi connectivity index (χ1) is 18.3. The maximum atomic E-state index is 13.7. The van der Waals surface area contributed by atoms with Crippen LogP contribution in [0.1, 0.15) is 43.2 Å². The molecule has 1 aromatic heterocycles. The van der Waals surface area contributed by atoms with E-state index in [4.69, 9.17) is 4.42 Å². The van der Waals surface area contributed by atoms with Crippen LogP contribution in [0.2, 0.25) is 0 Å². The van der Waals surface area contributed by atoms with Gasteiger partial charge in [0.05, 0.1) is 16.6 Å². The van der Waals surface area contributed by atoms with E-state index >= 15 is 0 Å². The second-order valence-corrected chi connectivity index (χ2v) is 11.6. The summed E-state index contributed by atoms with van der Waals surface area (Å²) < 4.78 is 128. The highest BCUT2D eigenvalue weighted by atomic mass is 32.2. The van der Waals surface area contributed by atoms with E-state index in [1.54, 1.807) is 0 Å². The molecule has 1 atom stereocenters. The molecule has 16 heteroatoms. The molecule has 0 unspecified atom stereocenters. The van der Waals surface area contributed by atoms with Crippen LogP contribution in [0.4, 0.5) is 36.4 Å². The second-order valence-electron chi connectivity index (χ2n) is 9.76. The monoisotopic (exact) mass is 597 g/mol. The number of hydrogen-bond acceptors (Lipinski definition) is 7. The number of aromatic nitrogens is 2. The number of halogens is 7. The van der Waals surface area contributed by atoms with E-state index in [0.29, 0.717) is 12.1 Å². The van der Waals surface area contributed by atoms with Gasteiger partial charge in [-0.25, -0.2) is 12.8 Å². The van der Waals surface area contributed by atoms with Crippen molar-refractivity contribution in [2.24, 2.45) is 0 Å². The molecule has 0 aliphatic carbocycles. The van der Waals surface area contributed by atoms with E-state index in [0.717, 1.165) is 34.6 Å². The van der Waals surface area contributed by atoms with Gasteiger partial charge in [0.2, 0.25) is 11.8 Å². The predicted molar refractivity (Wildman–Crippen MR) is 124 cm³/mol. The lowest BCUT2D eigenvalue weighted by Gasteiger charge is -2.39. The number of nitrogens with zero attached hydrogens (tertiary/aromatic N) is 3. The van der Waals surface area contributed by atoms with Gasteiger partial charge in [-0.2, -0.15) is 26.3 Å². The van der Waals surface area contributed by atoms with Gasteiger partial charge in [0.15, 0.2) is 0 Å². The molecule has 2 aromatic carbocycles. The van der Waals surface area contributed by atoms with Gasteiger partial charge >= 0.3 is 12.4 Å². The van der Waals surface area contributed by atoms with E-state index in [1.807, 2.05) is 0 Å². The van der Waals surface area contributed by atoms with Crippen molar-refractivity contribution in [3.05, 3.63) is 71.2 Å². The minimum absolute atomic E-state index is 0.0926. The van der Waals surface area contributed by atoms with Crippen molar-refractivity contribution in [1.29, 1.82) is 0 Å². The van der Waals surface area contributed by atoms with Crippen LogP contribution in [0.3, 0.4) is 0 Å². The van der Waals surface area contributed by atoms with Crippen LogP contribution in [-0.2, 0) is 34.1 Å². The Hall–Kier alpha value is -3.24. The molecular weight excluding hydrogens is 575 g/mol. The molecule has 3 aromatic rings. The summed E-state index contributed by atoms with van der Waals surface area (Å²) in [6.07, 6.45) is -12.8. The van der Waals surface area contributed by atoms with Crippen LogP contribution >= 0.6 is 0 Å². The summed E-state index contributed by atoms with van der Waals surface area (Å²) in [6, 6.07) is 4.20. The van der Waals surface area contributed by atoms with Gasteiger partial charge in [-0.3, -0.25) is 4.31 Å². The molecule has 2 heterocycles. The van der Waals surface area contributed by atoms with E-state index < -0.39 is 55.9 Å². The third kappa shape index (κ3) is 5.14. The molecule has 1 aliphatic rings. The lowest BCUT2D eigenvalue weighted by Crippen LogP contribution is -2.54. The standard InChI is InChI=1S/C24H22F7N3O5S/c1-21(2,35)20-33-32-19(39-20)12-16-7-3-13-11-14(22(36,23(26,27)28)24(29,30)31)4-10-18(13)34(16)40(37,38)17-8-5-15(25)6-9-17/h4-6,8-11,16,35-36H,3,7,12H2,1-2H3/t16-/m0/s1. The Morgan fingerprint density at radius 2 is 1.57 bits per heavy atom. The summed E-state index contributed by atoms with van der Waals surface area (Å²) in [5, 5.41) is 27.4. The van der Waals surface area contributed by atoms with Crippen molar-refractivity contribution in [2.45, 2.75) is 67.6 Å². The zero-order chi connectivity index (χ0) is 29.9. The van der Waals surface area contributed by atoms with E-state index in [9.17, 15) is 49.4 Å². The molecule has 4 rings (SSSR count). The molecule has 8 nitrogen and oxygen atoms in total. The molecule has 0 saturated heterocycles. The largest absolute Gasteiger partial charge is 0.430 e. The van der Waals surface area contributed by atoms with Crippen molar-refractivity contribution < 1.29 is 53.8 Å². The highest BCUT2D eigenvalue weighted by Crippen LogP contribution is 2.51. The first-order valence-corrected chi connectivity index (χ1v) is 13.1. The number of aryl methyl sites for hydroxylation is 1. The number of fused-ring (bicyclic) bond motifs is 1. The number of alkyl halides is 6. The molecule has 0 bridgehead atoms. The summed E-state index contributed by atoms with van der Waals surface area (Å²) in [5.41, 5.74) is -8.72. The van der Waals surface area contributed by atoms with Crippen LogP contribution in [-0.4, -0.2) is 47.2 Å². The first kappa shape index (κ1) is 29.7. The van der Waals surface area contributed by atoms with Gasteiger partial charge in [0.25, 0.3) is 15.6 Å². The van der Waals surface area contributed by atoms with Gasteiger partial charge in [-0.15, -0.1) is 10.2 Å². The third-order valence-electron chi connectivity index (χ3n) is 6.40. The summed E-state index contributed by atoms with van der Waals surface area (Å²) >= 11 is 0. The van der Waals surface area contributed by atoms with Crippen molar-refractivity contribution >= 4 is 15.7 Å². The number of hydrogen-bond donors (Lipinski definition) is 2. The van der Waals surface area contributed by atoms with Crippen molar-refractivity contribution in [2.75, 3.05) is 4.31 Å². The Labute approximate surface area is 223 Å².